The van der Waals surface area contributed by atoms with Gasteiger partial charge in [-0.1, -0.05) is 17.7 Å². The summed E-state index contributed by atoms with van der Waals surface area (Å²) < 4.78 is 16.0. The Hall–Kier alpha value is -2.89. The van der Waals surface area contributed by atoms with Crippen LogP contribution in [0.4, 0.5) is 5.69 Å². The van der Waals surface area contributed by atoms with E-state index in [0.717, 1.165) is 11.3 Å². The van der Waals surface area contributed by atoms with E-state index in [1.165, 1.54) is 21.3 Å². The fourth-order valence-corrected chi connectivity index (χ4v) is 2.51. The van der Waals surface area contributed by atoms with Crippen LogP contribution < -0.4 is 24.6 Å². The molecule has 0 heterocycles. The molecule has 0 radical (unpaired) electrons. The molecule has 0 atom stereocenters. The second-order valence-corrected chi connectivity index (χ2v) is 5.40. The van der Waals surface area contributed by atoms with Gasteiger partial charge in [0.2, 0.25) is 5.75 Å². The number of hydrazine groups is 1. The molecule has 0 aliphatic heterocycles. The third-order valence-electron chi connectivity index (χ3n) is 3.85. The lowest BCUT2D eigenvalue weighted by molar-refractivity contribution is 0.0945. The number of carbonyl (C=O) groups excluding carboxylic acids is 1. The minimum absolute atomic E-state index is 0.291. The van der Waals surface area contributed by atoms with E-state index >= 15 is 0 Å². The van der Waals surface area contributed by atoms with Gasteiger partial charge in [0.1, 0.15) is 0 Å². The second kappa shape index (κ2) is 8.28. The summed E-state index contributed by atoms with van der Waals surface area (Å²) in [5.41, 5.74) is 5.33. The average molecular weight is 344 g/mol. The first-order chi connectivity index (χ1) is 12.0. The van der Waals surface area contributed by atoms with Crippen molar-refractivity contribution in [3.8, 4) is 17.2 Å². The van der Waals surface area contributed by atoms with Crippen LogP contribution in [0.2, 0.25) is 0 Å². The Bertz CT molecular complexity index is 729. The van der Waals surface area contributed by atoms with Crippen LogP contribution in [-0.4, -0.2) is 33.8 Å². The third kappa shape index (κ3) is 3.96. The van der Waals surface area contributed by atoms with Crippen molar-refractivity contribution < 1.29 is 19.0 Å². The molecule has 0 saturated carbocycles. The molecule has 6 nitrogen and oxygen atoms in total. The molecule has 25 heavy (non-hydrogen) atoms. The van der Waals surface area contributed by atoms with Crippen molar-refractivity contribution in [2.24, 2.45) is 0 Å². The van der Waals surface area contributed by atoms with Crippen LogP contribution in [0.1, 0.15) is 22.8 Å². The number of benzene rings is 2. The smallest absolute Gasteiger partial charge is 0.273 e. The van der Waals surface area contributed by atoms with E-state index in [9.17, 15) is 4.79 Å². The van der Waals surface area contributed by atoms with E-state index in [4.69, 9.17) is 14.2 Å². The summed E-state index contributed by atoms with van der Waals surface area (Å²) in [7, 11) is 4.53. The molecule has 0 fully saturated rings. The summed E-state index contributed by atoms with van der Waals surface area (Å²) in [4.78, 5) is 12.8. The fraction of sp³-hybridized carbons (Fsp3) is 0.316. The Balaban J connectivity index is 2.31. The van der Waals surface area contributed by atoms with Crippen molar-refractivity contribution in [1.29, 1.82) is 0 Å². The summed E-state index contributed by atoms with van der Waals surface area (Å²) in [6.07, 6.45) is 0. The van der Waals surface area contributed by atoms with Gasteiger partial charge in [-0.15, -0.1) is 0 Å². The largest absolute Gasteiger partial charge is 0.493 e. The molecule has 0 unspecified atom stereocenters. The Morgan fingerprint density at radius 1 is 0.960 bits per heavy atom. The number of rotatable bonds is 7. The van der Waals surface area contributed by atoms with Crippen molar-refractivity contribution in [2.75, 3.05) is 32.9 Å². The molecule has 1 N–H and O–H groups in total. The summed E-state index contributed by atoms with van der Waals surface area (Å²) in [6.45, 7) is 4.60. The molecule has 2 aromatic rings. The van der Waals surface area contributed by atoms with E-state index in [1.807, 2.05) is 38.1 Å². The fourth-order valence-electron chi connectivity index (χ4n) is 2.51. The van der Waals surface area contributed by atoms with E-state index in [2.05, 4.69) is 5.43 Å². The summed E-state index contributed by atoms with van der Waals surface area (Å²) in [5.74, 6) is 0.928. The highest BCUT2D eigenvalue weighted by atomic mass is 16.5. The van der Waals surface area contributed by atoms with Crippen LogP contribution in [0.3, 0.4) is 0 Å². The van der Waals surface area contributed by atoms with Crippen LogP contribution in [0, 0.1) is 6.92 Å². The summed E-state index contributed by atoms with van der Waals surface area (Å²) in [5, 5.41) is 1.78. The number of methoxy groups -OCH3 is 3. The van der Waals surface area contributed by atoms with Gasteiger partial charge in [-0.25, -0.2) is 0 Å². The number of nitrogens with zero attached hydrogens (tertiary/aromatic N) is 1. The van der Waals surface area contributed by atoms with E-state index in [-0.39, 0.29) is 5.91 Å². The predicted octanol–water partition coefficient (Wildman–Crippen LogP) is 3.19. The van der Waals surface area contributed by atoms with Gasteiger partial charge in [0, 0.05) is 6.54 Å². The number of nitrogens with one attached hydrogen (secondary N) is 1. The molecule has 2 rings (SSSR count). The molecular formula is C19H24N2O4. The zero-order chi connectivity index (χ0) is 18.4. The van der Waals surface area contributed by atoms with Gasteiger partial charge in [0.05, 0.1) is 32.6 Å². The Labute approximate surface area is 148 Å². The van der Waals surface area contributed by atoms with Crippen LogP contribution in [0.25, 0.3) is 0 Å². The van der Waals surface area contributed by atoms with Crippen molar-refractivity contribution in [2.45, 2.75) is 13.8 Å². The van der Waals surface area contributed by atoms with Crippen molar-refractivity contribution in [1.82, 2.24) is 5.43 Å². The quantitative estimate of drug-likeness (QED) is 0.782. The predicted molar refractivity (Wildman–Crippen MR) is 97.8 cm³/mol. The summed E-state index contributed by atoms with van der Waals surface area (Å²) >= 11 is 0. The highest BCUT2D eigenvalue weighted by Crippen LogP contribution is 2.39. The lowest BCUT2D eigenvalue weighted by Crippen LogP contribution is -2.42. The van der Waals surface area contributed by atoms with Gasteiger partial charge in [-0.3, -0.25) is 15.2 Å². The van der Waals surface area contributed by atoms with Gasteiger partial charge in [-0.05, 0) is 38.1 Å². The average Bonchev–Trinajstić information content (AvgIpc) is 2.65. The van der Waals surface area contributed by atoms with E-state index in [0.29, 0.717) is 29.4 Å². The van der Waals surface area contributed by atoms with Gasteiger partial charge in [0.25, 0.3) is 5.91 Å². The standard InChI is InChI=1S/C19H24N2O4/c1-6-21(14-9-7-13(2)8-10-14)20-19(22)15-11-12-16(23-3)18(25-5)17(15)24-4/h7-12H,6H2,1-5H3,(H,20,22). The molecular weight excluding hydrogens is 320 g/mol. The number of aryl methyl sites for hydroxylation is 1. The molecule has 0 aliphatic carbocycles. The van der Waals surface area contributed by atoms with Crippen LogP contribution >= 0.6 is 0 Å². The Kier molecular flexibility index (Phi) is 6.11. The molecule has 0 bridgehead atoms. The monoisotopic (exact) mass is 344 g/mol. The van der Waals surface area contributed by atoms with Gasteiger partial charge in [-0.2, -0.15) is 0 Å². The van der Waals surface area contributed by atoms with Crippen LogP contribution in [0.5, 0.6) is 17.2 Å². The SMILES string of the molecule is CCN(NC(=O)c1ccc(OC)c(OC)c1OC)c1ccc(C)cc1. The highest BCUT2D eigenvalue weighted by Gasteiger charge is 2.21. The van der Waals surface area contributed by atoms with Crippen LogP contribution in [0.15, 0.2) is 36.4 Å². The van der Waals surface area contributed by atoms with Gasteiger partial charge >= 0.3 is 0 Å². The Morgan fingerprint density at radius 3 is 2.12 bits per heavy atom. The highest BCUT2D eigenvalue weighted by molar-refractivity contribution is 5.99. The van der Waals surface area contributed by atoms with E-state index < -0.39 is 0 Å². The van der Waals surface area contributed by atoms with Gasteiger partial charge < -0.3 is 14.2 Å². The Morgan fingerprint density at radius 2 is 1.60 bits per heavy atom. The molecule has 6 heteroatoms. The van der Waals surface area contributed by atoms with Crippen molar-refractivity contribution in [3.05, 3.63) is 47.5 Å². The maximum atomic E-state index is 12.8. The van der Waals surface area contributed by atoms with E-state index in [1.54, 1.807) is 17.1 Å². The number of amides is 1. The third-order valence-corrected chi connectivity index (χ3v) is 3.85. The van der Waals surface area contributed by atoms with Crippen molar-refractivity contribution in [3.63, 3.8) is 0 Å². The molecule has 1 amide bonds. The van der Waals surface area contributed by atoms with Crippen molar-refractivity contribution >= 4 is 11.6 Å². The first-order valence-corrected chi connectivity index (χ1v) is 7.99. The maximum absolute atomic E-state index is 12.8. The molecule has 0 saturated heterocycles. The maximum Gasteiger partial charge on any atom is 0.273 e. The lowest BCUT2D eigenvalue weighted by Gasteiger charge is -2.24. The number of carbonyl (C=O) groups is 1. The molecule has 0 aromatic heterocycles. The summed E-state index contributed by atoms with van der Waals surface area (Å²) in [6, 6.07) is 11.3. The number of anilines is 1. The lowest BCUT2D eigenvalue weighted by atomic mass is 10.1. The van der Waals surface area contributed by atoms with Crippen LogP contribution in [-0.2, 0) is 0 Å². The zero-order valence-corrected chi connectivity index (χ0v) is 15.3. The topological polar surface area (TPSA) is 60.0 Å². The normalized spacial score (nSPS) is 10.1. The second-order valence-electron chi connectivity index (χ2n) is 5.40. The first kappa shape index (κ1) is 18.4. The minimum atomic E-state index is -0.291. The molecule has 2 aromatic carbocycles. The van der Waals surface area contributed by atoms with Gasteiger partial charge in [0.15, 0.2) is 11.5 Å². The molecule has 134 valence electrons. The number of hydrogen-bond acceptors (Lipinski definition) is 5. The number of hydrogen-bond donors (Lipinski definition) is 1. The number of ether oxygens (including phenoxy) is 3. The molecule has 0 spiro atoms. The first-order valence-electron chi connectivity index (χ1n) is 7.99. The molecule has 0 aliphatic rings. The zero-order valence-electron chi connectivity index (χ0n) is 15.3. The minimum Gasteiger partial charge on any atom is -0.493 e.